The van der Waals surface area contributed by atoms with Crippen LogP contribution in [-0.2, 0) is 6.61 Å². The summed E-state index contributed by atoms with van der Waals surface area (Å²) >= 11 is 0. The number of nitrogens with two attached hydrogens (primary N) is 1. The number of hydrogen-bond donors (Lipinski definition) is 2. The van der Waals surface area contributed by atoms with Crippen LogP contribution in [0.5, 0.6) is 5.75 Å². The highest BCUT2D eigenvalue weighted by atomic mass is 16.5. The number of carbonyl (C=O) groups excluding carboxylic acids is 1. The Labute approximate surface area is 117 Å². The SMILES string of the molecule is NC(=O)NN=Cc1ccccc1COc1ccccc1. The number of nitrogens with one attached hydrogen (secondary N) is 1. The first kappa shape index (κ1) is 13.6. The van der Waals surface area contributed by atoms with Crippen molar-refractivity contribution < 1.29 is 9.53 Å². The third-order valence-corrected chi connectivity index (χ3v) is 2.57. The summed E-state index contributed by atoms with van der Waals surface area (Å²) in [5, 5.41) is 3.75. The summed E-state index contributed by atoms with van der Waals surface area (Å²) in [6, 6.07) is 16.5. The van der Waals surface area contributed by atoms with Gasteiger partial charge in [0, 0.05) is 5.56 Å². The molecule has 0 saturated carbocycles. The van der Waals surface area contributed by atoms with Gasteiger partial charge in [-0.1, -0.05) is 42.5 Å². The molecule has 0 aliphatic heterocycles. The molecule has 102 valence electrons. The molecule has 3 N–H and O–H groups in total. The monoisotopic (exact) mass is 269 g/mol. The van der Waals surface area contributed by atoms with Gasteiger partial charge >= 0.3 is 6.03 Å². The molecule has 5 heteroatoms. The lowest BCUT2D eigenvalue weighted by Crippen LogP contribution is -2.24. The van der Waals surface area contributed by atoms with Crippen LogP contribution in [0.15, 0.2) is 59.7 Å². The first-order valence-electron chi connectivity index (χ1n) is 6.10. The summed E-state index contributed by atoms with van der Waals surface area (Å²) in [5.41, 5.74) is 8.93. The summed E-state index contributed by atoms with van der Waals surface area (Å²) in [4.78, 5) is 10.6. The Morgan fingerprint density at radius 2 is 1.85 bits per heavy atom. The van der Waals surface area contributed by atoms with E-state index in [1.807, 2.05) is 54.6 Å². The van der Waals surface area contributed by atoms with E-state index in [1.165, 1.54) is 6.21 Å². The topological polar surface area (TPSA) is 76.7 Å². The van der Waals surface area contributed by atoms with E-state index in [-0.39, 0.29) is 0 Å². The maximum Gasteiger partial charge on any atom is 0.332 e. The Hall–Kier alpha value is -2.82. The normalized spacial score (nSPS) is 10.4. The summed E-state index contributed by atoms with van der Waals surface area (Å²) in [5.74, 6) is 0.800. The van der Waals surface area contributed by atoms with Crippen molar-refractivity contribution in [3.8, 4) is 5.75 Å². The fraction of sp³-hybridized carbons (Fsp3) is 0.0667. The predicted octanol–water partition coefficient (Wildman–Crippen LogP) is 2.27. The van der Waals surface area contributed by atoms with Gasteiger partial charge in [-0.15, -0.1) is 0 Å². The van der Waals surface area contributed by atoms with Crippen LogP contribution in [-0.4, -0.2) is 12.2 Å². The van der Waals surface area contributed by atoms with Gasteiger partial charge in [0.25, 0.3) is 0 Å². The van der Waals surface area contributed by atoms with E-state index in [4.69, 9.17) is 10.5 Å². The van der Waals surface area contributed by atoms with Gasteiger partial charge in [-0.3, -0.25) is 0 Å². The van der Waals surface area contributed by atoms with E-state index < -0.39 is 6.03 Å². The minimum absolute atomic E-state index is 0.419. The average molecular weight is 269 g/mol. The van der Waals surface area contributed by atoms with E-state index >= 15 is 0 Å². The van der Waals surface area contributed by atoms with Gasteiger partial charge in [-0.25, -0.2) is 10.2 Å². The average Bonchev–Trinajstić information content (AvgIpc) is 2.47. The second kappa shape index (κ2) is 6.94. The van der Waals surface area contributed by atoms with Crippen molar-refractivity contribution in [2.75, 3.05) is 0 Å². The minimum Gasteiger partial charge on any atom is -0.489 e. The first-order chi connectivity index (χ1) is 9.75. The second-order valence-electron chi connectivity index (χ2n) is 4.03. The lowest BCUT2D eigenvalue weighted by Gasteiger charge is -2.08. The third kappa shape index (κ3) is 4.13. The van der Waals surface area contributed by atoms with Crippen molar-refractivity contribution in [1.29, 1.82) is 0 Å². The smallest absolute Gasteiger partial charge is 0.332 e. The van der Waals surface area contributed by atoms with Crippen molar-refractivity contribution in [1.82, 2.24) is 5.43 Å². The maximum absolute atomic E-state index is 10.6. The Bertz CT molecular complexity index is 597. The molecule has 0 aliphatic carbocycles. The Kier molecular flexibility index (Phi) is 4.72. The van der Waals surface area contributed by atoms with Gasteiger partial charge in [0.2, 0.25) is 0 Å². The summed E-state index contributed by atoms with van der Waals surface area (Å²) < 4.78 is 5.69. The standard InChI is InChI=1S/C15H15N3O2/c16-15(19)18-17-10-12-6-4-5-7-13(12)11-20-14-8-2-1-3-9-14/h1-10H,11H2,(H3,16,18,19). The number of hydrogen-bond acceptors (Lipinski definition) is 3. The summed E-state index contributed by atoms with van der Waals surface area (Å²) in [6.45, 7) is 0.419. The number of benzene rings is 2. The lowest BCUT2D eigenvalue weighted by atomic mass is 10.1. The minimum atomic E-state index is -0.695. The molecule has 0 heterocycles. The summed E-state index contributed by atoms with van der Waals surface area (Å²) in [7, 11) is 0. The molecule has 0 fully saturated rings. The largest absolute Gasteiger partial charge is 0.489 e. The van der Waals surface area contributed by atoms with E-state index in [9.17, 15) is 4.79 Å². The molecular formula is C15H15N3O2. The van der Waals surface area contributed by atoms with E-state index in [2.05, 4.69) is 10.5 Å². The molecule has 0 spiro atoms. The van der Waals surface area contributed by atoms with Gasteiger partial charge in [0.15, 0.2) is 0 Å². The number of amides is 2. The van der Waals surface area contributed by atoms with Gasteiger partial charge in [0.05, 0.1) is 6.21 Å². The van der Waals surface area contributed by atoms with Crippen molar-refractivity contribution >= 4 is 12.2 Å². The number of hydrazone groups is 1. The number of primary amides is 1. The van der Waals surface area contributed by atoms with E-state index in [0.717, 1.165) is 16.9 Å². The molecule has 5 nitrogen and oxygen atoms in total. The maximum atomic E-state index is 10.6. The Balaban J connectivity index is 2.04. The van der Waals surface area contributed by atoms with E-state index in [0.29, 0.717) is 6.61 Å². The molecule has 2 aromatic carbocycles. The number of rotatable bonds is 5. The molecule has 0 aromatic heterocycles. The van der Waals surface area contributed by atoms with E-state index in [1.54, 1.807) is 0 Å². The molecule has 0 radical (unpaired) electrons. The van der Waals surface area contributed by atoms with Crippen LogP contribution in [0.1, 0.15) is 11.1 Å². The molecule has 0 atom stereocenters. The molecule has 0 saturated heterocycles. The fourth-order valence-corrected chi connectivity index (χ4v) is 1.63. The molecule has 2 rings (SSSR count). The number of carbonyl (C=O) groups is 1. The summed E-state index contributed by atoms with van der Waals surface area (Å²) in [6.07, 6.45) is 1.54. The van der Waals surface area contributed by atoms with Crippen LogP contribution in [0.2, 0.25) is 0 Å². The number of nitrogens with zero attached hydrogens (tertiary/aromatic N) is 1. The molecular weight excluding hydrogens is 254 g/mol. The Morgan fingerprint density at radius 3 is 2.60 bits per heavy atom. The van der Waals surface area contributed by atoms with Gasteiger partial charge in [0.1, 0.15) is 12.4 Å². The quantitative estimate of drug-likeness (QED) is 0.645. The first-order valence-corrected chi connectivity index (χ1v) is 6.10. The lowest BCUT2D eigenvalue weighted by molar-refractivity contribution is 0.249. The van der Waals surface area contributed by atoms with Gasteiger partial charge < -0.3 is 10.5 Å². The zero-order valence-corrected chi connectivity index (χ0v) is 10.8. The van der Waals surface area contributed by atoms with Crippen LogP contribution in [0.3, 0.4) is 0 Å². The van der Waals surface area contributed by atoms with Crippen LogP contribution >= 0.6 is 0 Å². The van der Waals surface area contributed by atoms with Crippen LogP contribution in [0, 0.1) is 0 Å². The van der Waals surface area contributed by atoms with Crippen LogP contribution < -0.4 is 15.9 Å². The molecule has 20 heavy (non-hydrogen) atoms. The fourth-order valence-electron chi connectivity index (χ4n) is 1.63. The van der Waals surface area contributed by atoms with Crippen LogP contribution in [0.25, 0.3) is 0 Å². The number of para-hydroxylation sites is 1. The molecule has 2 aromatic rings. The Morgan fingerprint density at radius 1 is 1.15 bits per heavy atom. The van der Waals surface area contributed by atoms with Gasteiger partial charge in [-0.2, -0.15) is 5.10 Å². The zero-order chi connectivity index (χ0) is 14.2. The predicted molar refractivity (Wildman–Crippen MR) is 77.5 cm³/mol. The van der Waals surface area contributed by atoms with Crippen molar-refractivity contribution in [2.45, 2.75) is 6.61 Å². The number of urea groups is 1. The molecule has 0 bridgehead atoms. The van der Waals surface area contributed by atoms with Crippen molar-refractivity contribution in [2.24, 2.45) is 10.8 Å². The second-order valence-corrected chi connectivity index (χ2v) is 4.03. The third-order valence-electron chi connectivity index (χ3n) is 2.57. The van der Waals surface area contributed by atoms with Crippen molar-refractivity contribution in [3.05, 3.63) is 65.7 Å². The number of ether oxygens (including phenoxy) is 1. The van der Waals surface area contributed by atoms with Gasteiger partial charge in [-0.05, 0) is 17.7 Å². The highest BCUT2D eigenvalue weighted by Gasteiger charge is 2.01. The van der Waals surface area contributed by atoms with Crippen LogP contribution in [0.4, 0.5) is 4.79 Å². The molecule has 0 aliphatic rings. The zero-order valence-electron chi connectivity index (χ0n) is 10.8. The highest BCUT2D eigenvalue weighted by Crippen LogP contribution is 2.13. The molecule has 0 unspecified atom stereocenters. The van der Waals surface area contributed by atoms with Crippen molar-refractivity contribution in [3.63, 3.8) is 0 Å². The molecule has 2 amide bonds. The highest BCUT2D eigenvalue weighted by molar-refractivity contribution is 5.83.